The van der Waals surface area contributed by atoms with E-state index in [9.17, 15) is 0 Å². The molecule has 0 atom stereocenters. The molecule has 64 heavy (non-hydrogen) atoms. The van der Waals surface area contributed by atoms with Crippen molar-refractivity contribution in [3.05, 3.63) is 293 Å². The van der Waals surface area contributed by atoms with Gasteiger partial charge in [-0.2, -0.15) is 0 Å². The van der Waals surface area contributed by atoms with Gasteiger partial charge >= 0.3 is 0 Å². The predicted octanol–water partition coefficient (Wildman–Crippen LogP) is 15.8. The Kier molecular flexibility index (Phi) is 8.07. The van der Waals surface area contributed by atoms with Gasteiger partial charge in [0.25, 0.3) is 0 Å². The lowest BCUT2D eigenvalue weighted by atomic mass is 9.67. The van der Waals surface area contributed by atoms with E-state index in [0.717, 1.165) is 39.0 Å². The minimum absolute atomic E-state index is 0.489. The number of furan rings is 1. The average Bonchev–Trinajstić information content (AvgIpc) is 4.00. The molecule has 2 heteroatoms. The second kappa shape index (κ2) is 14.2. The smallest absolute Gasteiger partial charge is 0.135 e. The van der Waals surface area contributed by atoms with Gasteiger partial charge in [-0.15, -0.1) is 0 Å². The Bertz CT molecular complexity index is 3470. The molecule has 0 unspecified atom stereocenters. The Balaban J connectivity index is 1.09. The van der Waals surface area contributed by atoms with Crippen molar-refractivity contribution in [1.29, 1.82) is 0 Å². The lowest BCUT2D eigenvalue weighted by Gasteiger charge is -2.35. The molecule has 0 saturated carbocycles. The Hall–Kier alpha value is -8.20. The summed E-state index contributed by atoms with van der Waals surface area (Å²) in [6.07, 6.45) is 0. The quantitative estimate of drug-likeness (QED) is 0.159. The van der Waals surface area contributed by atoms with E-state index in [-0.39, 0.29) is 0 Å². The maximum absolute atomic E-state index is 6.41. The highest BCUT2D eigenvalue weighted by molar-refractivity contribution is 6.07. The first kappa shape index (κ1) is 36.5. The number of hydrogen-bond acceptors (Lipinski definition) is 2. The van der Waals surface area contributed by atoms with Crippen LogP contribution in [0.5, 0.6) is 0 Å². The van der Waals surface area contributed by atoms with E-state index in [1.54, 1.807) is 0 Å². The summed E-state index contributed by atoms with van der Waals surface area (Å²) in [7, 11) is 0. The molecule has 1 aromatic heterocycles. The number of hydrogen-bond donors (Lipinski definition) is 0. The number of anilines is 3. The molecule has 2 nitrogen and oxygen atoms in total. The van der Waals surface area contributed by atoms with Gasteiger partial charge in [0.1, 0.15) is 11.2 Å². The van der Waals surface area contributed by atoms with E-state index in [4.69, 9.17) is 4.42 Å². The van der Waals surface area contributed by atoms with Gasteiger partial charge < -0.3 is 9.32 Å². The molecule has 0 saturated heterocycles. The van der Waals surface area contributed by atoms with E-state index in [1.807, 2.05) is 6.07 Å². The monoisotopic (exact) mass is 815 g/mol. The van der Waals surface area contributed by atoms with Crippen molar-refractivity contribution in [2.45, 2.75) is 10.8 Å². The lowest BCUT2D eigenvalue weighted by molar-refractivity contribution is 0.669. The summed E-state index contributed by atoms with van der Waals surface area (Å²) in [5, 5.41) is 2.20. The van der Waals surface area contributed by atoms with Crippen LogP contribution < -0.4 is 4.90 Å². The van der Waals surface area contributed by atoms with Gasteiger partial charge in [0, 0.05) is 27.8 Å². The summed E-state index contributed by atoms with van der Waals surface area (Å²) >= 11 is 0. The molecule has 0 radical (unpaired) electrons. The van der Waals surface area contributed by atoms with Crippen LogP contribution >= 0.6 is 0 Å². The number of benzene rings is 10. The van der Waals surface area contributed by atoms with Gasteiger partial charge in [-0.25, -0.2) is 0 Å². The van der Waals surface area contributed by atoms with Crippen molar-refractivity contribution in [1.82, 2.24) is 0 Å². The fraction of sp³-hybridized carbons (Fsp3) is 0.0323. The number of rotatable bonds is 7. The normalized spacial score (nSPS) is 13.9. The molecule has 2 aliphatic carbocycles. The SMILES string of the molecule is c1ccc(C2(c3ccccc3)c3ccccc3-c3cc(N(c4ccc5c(c4)C(c4ccccc4)(c4ccccc4)c4ccccc4-5)c4ccc5oc6ccccc6c5c4)ccc32)cc1. The van der Waals surface area contributed by atoms with Crippen molar-refractivity contribution in [2.24, 2.45) is 0 Å². The molecule has 0 amide bonds. The van der Waals surface area contributed by atoms with Crippen LogP contribution in [0, 0.1) is 0 Å². The van der Waals surface area contributed by atoms with Gasteiger partial charge in [0.2, 0.25) is 0 Å². The minimum atomic E-state index is -0.539. The minimum Gasteiger partial charge on any atom is -0.456 e. The molecule has 10 aromatic carbocycles. The van der Waals surface area contributed by atoms with Crippen LogP contribution in [0.1, 0.15) is 44.5 Å². The highest BCUT2D eigenvalue weighted by Gasteiger charge is 2.48. The Morgan fingerprint density at radius 1 is 0.266 bits per heavy atom. The van der Waals surface area contributed by atoms with Gasteiger partial charge in [-0.1, -0.05) is 200 Å². The summed E-state index contributed by atoms with van der Waals surface area (Å²) in [6.45, 7) is 0. The molecule has 0 N–H and O–H groups in total. The molecular formula is C62H41NO. The van der Waals surface area contributed by atoms with Crippen molar-refractivity contribution in [3.8, 4) is 22.3 Å². The standard InChI is InChI=1S/C62H41NO/c1-5-19-42(20-6-1)61(43-21-7-2-8-22-43)56-31-17-14-28-50(56)53-39-46(34-37-57(53)61)63(47-35-38-60-54(40-47)52-29-15-18-32-59(52)64-60)48-33-36-51-49-27-13-16-30-55(49)62(58(51)41-48,44-23-9-3-10-24-44)45-25-11-4-12-26-45/h1-41H. The van der Waals surface area contributed by atoms with E-state index < -0.39 is 10.8 Å². The zero-order valence-corrected chi connectivity index (χ0v) is 35.0. The first-order valence-electron chi connectivity index (χ1n) is 22.2. The molecule has 2 aliphatic rings. The second-order valence-corrected chi connectivity index (χ2v) is 17.1. The molecule has 300 valence electrons. The summed E-state index contributed by atoms with van der Waals surface area (Å²) in [6, 6.07) is 91.5. The van der Waals surface area contributed by atoms with E-state index in [0.29, 0.717) is 0 Å². The third-order valence-electron chi connectivity index (χ3n) is 14.0. The van der Waals surface area contributed by atoms with Crippen molar-refractivity contribution < 1.29 is 4.42 Å². The van der Waals surface area contributed by atoms with Gasteiger partial charge in [0.05, 0.1) is 10.8 Å². The number of para-hydroxylation sites is 1. The molecule has 0 spiro atoms. The zero-order chi connectivity index (χ0) is 42.2. The van der Waals surface area contributed by atoms with E-state index in [1.165, 1.54) is 66.8 Å². The first-order chi connectivity index (χ1) is 31.7. The van der Waals surface area contributed by atoms with Crippen LogP contribution in [0.3, 0.4) is 0 Å². The molecule has 1 heterocycles. The topological polar surface area (TPSA) is 16.4 Å². The van der Waals surface area contributed by atoms with Gasteiger partial charge in [0.15, 0.2) is 0 Å². The maximum Gasteiger partial charge on any atom is 0.135 e. The number of fused-ring (bicyclic) bond motifs is 9. The van der Waals surface area contributed by atoms with Crippen molar-refractivity contribution in [2.75, 3.05) is 4.90 Å². The van der Waals surface area contributed by atoms with Crippen LogP contribution in [0.4, 0.5) is 17.1 Å². The van der Waals surface area contributed by atoms with Gasteiger partial charge in [-0.05, 0) is 115 Å². The van der Waals surface area contributed by atoms with Crippen molar-refractivity contribution in [3.63, 3.8) is 0 Å². The fourth-order valence-electron chi connectivity index (χ4n) is 11.4. The van der Waals surface area contributed by atoms with E-state index >= 15 is 0 Å². The number of nitrogens with zero attached hydrogens (tertiary/aromatic N) is 1. The largest absolute Gasteiger partial charge is 0.456 e. The molecule has 13 rings (SSSR count). The Morgan fingerprint density at radius 2 is 0.672 bits per heavy atom. The summed E-state index contributed by atoms with van der Waals surface area (Å²) < 4.78 is 6.41. The van der Waals surface area contributed by atoms with Crippen LogP contribution in [-0.2, 0) is 10.8 Å². The lowest BCUT2D eigenvalue weighted by Crippen LogP contribution is -2.28. The van der Waals surface area contributed by atoms with E-state index in [2.05, 4.69) is 248 Å². The third kappa shape index (κ3) is 5.08. The summed E-state index contributed by atoms with van der Waals surface area (Å²) in [5.74, 6) is 0. The van der Waals surface area contributed by atoms with Crippen LogP contribution in [0.2, 0.25) is 0 Å². The molecular weight excluding hydrogens is 775 g/mol. The maximum atomic E-state index is 6.41. The summed E-state index contributed by atoms with van der Waals surface area (Å²) in [4.78, 5) is 2.46. The van der Waals surface area contributed by atoms with Crippen LogP contribution in [-0.4, -0.2) is 0 Å². The first-order valence-corrected chi connectivity index (χ1v) is 22.2. The third-order valence-corrected chi connectivity index (χ3v) is 14.0. The highest BCUT2D eigenvalue weighted by Crippen LogP contribution is 2.59. The fourth-order valence-corrected chi connectivity index (χ4v) is 11.4. The van der Waals surface area contributed by atoms with Crippen LogP contribution in [0.15, 0.2) is 253 Å². The van der Waals surface area contributed by atoms with Crippen LogP contribution in [0.25, 0.3) is 44.2 Å². The highest BCUT2D eigenvalue weighted by atomic mass is 16.3. The van der Waals surface area contributed by atoms with Gasteiger partial charge in [-0.3, -0.25) is 0 Å². The summed E-state index contributed by atoms with van der Waals surface area (Å²) in [5.41, 5.74) is 19.1. The van der Waals surface area contributed by atoms with Crippen molar-refractivity contribution >= 4 is 39.0 Å². The molecule has 0 aliphatic heterocycles. The molecule has 0 bridgehead atoms. The predicted molar refractivity (Wildman–Crippen MR) is 263 cm³/mol. The molecule has 0 fully saturated rings. The average molecular weight is 816 g/mol. The Labute approximate surface area is 373 Å². The second-order valence-electron chi connectivity index (χ2n) is 17.1. The zero-order valence-electron chi connectivity index (χ0n) is 35.0. The molecule has 11 aromatic rings. The Morgan fingerprint density at radius 3 is 1.28 bits per heavy atom.